The van der Waals surface area contributed by atoms with Crippen molar-refractivity contribution in [3.63, 3.8) is 0 Å². The van der Waals surface area contributed by atoms with Gasteiger partial charge < -0.3 is 5.32 Å². The van der Waals surface area contributed by atoms with Crippen LogP contribution in [0.4, 0.5) is 27.6 Å². The van der Waals surface area contributed by atoms with Gasteiger partial charge in [-0.05, 0) is 36.4 Å². The maximum Gasteiger partial charge on any atom is 0.416 e. The normalized spacial score (nSPS) is 12.0. The number of anilines is 1. The molecule has 0 bridgehead atoms. The van der Waals surface area contributed by atoms with Crippen molar-refractivity contribution in [3.05, 3.63) is 59.7 Å². The number of hydrogen-bond acceptors (Lipinski definition) is 3. The first-order valence-electron chi connectivity index (χ1n) is 6.91. The standard InChI is InChI=1S/C15H11F5N2O3S/c16-10-2-1-3-11(7-10)22-14(23)8-21-26(24,25)13-6-9(15(18,19)20)4-5-12(13)17/h1-7,21H,8H2,(H,22,23). The highest BCUT2D eigenvalue weighted by atomic mass is 32.2. The minimum Gasteiger partial charge on any atom is -0.325 e. The summed E-state index contributed by atoms with van der Waals surface area (Å²) in [6, 6.07) is 5.61. The van der Waals surface area contributed by atoms with Crippen molar-refractivity contribution in [2.24, 2.45) is 0 Å². The lowest BCUT2D eigenvalue weighted by Crippen LogP contribution is -2.33. The van der Waals surface area contributed by atoms with Crippen molar-refractivity contribution in [2.45, 2.75) is 11.1 Å². The van der Waals surface area contributed by atoms with E-state index >= 15 is 0 Å². The Kier molecular flexibility index (Phi) is 5.62. The Hall–Kier alpha value is -2.53. The maximum absolute atomic E-state index is 13.6. The lowest BCUT2D eigenvalue weighted by atomic mass is 10.2. The van der Waals surface area contributed by atoms with Crippen LogP contribution in [0.2, 0.25) is 0 Å². The fourth-order valence-electron chi connectivity index (χ4n) is 1.90. The van der Waals surface area contributed by atoms with Gasteiger partial charge >= 0.3 is 6.18 Å². The van der Waals surface area contributed by atoms with Gasteiger partial charge in [-0.1, -0.05) is 6.07 Å². The zero-order valence-corrected chi connectivity index (χ0v) is 13.6. The zero-order valence-electron chi connectivity index (χ0n) is 12.8. The Labute approximate surface area is 144 Å². The molecule has 2 rings (SSSR count). The van der Waals surface area contributed by atoms with Gasteiger partial charge in [-0.2, -0.15) is 13.2 Å². The minimum atomic E-state index is -4.87. The topological polar surface area (TPSA) is 75.3 Å². The van der Waals surface area contributed by atoms with Gasteiger partial charge in [0.25, 0.3) is 0 Å². The first-order valence-corrected chi connectivity index (χ1v) is 8.39. The Morgan fingerprint density at radius 1 is 1.04 bits per heavy atom. The molecule has 140 valence electrons. The van der Waals surface area contributed by atoms with Crippen molar-refractivity contribution in [3.8, 4) is 0 Å². The number of carbonyl (C=O) groups is 1. The molecule has 2 aromatic rings. The van der Waals surface area contributed by atoms with Crippen LogP contribution in [0.5, 0.6) is 0 Å². The predicted molar refractivity (Wildman–Crippen MR) is 81.6 cm³/mol. The summed E-state index contributed by atoms with van der Waals surface area (Å²) in [5.41, 5.74) is -1.32. The van der Waals surface area contributed by atoms with Crippen molar-refractivity contribution >= 4 is 21.6 Å². The molecule has 11 heteroatoms. The summed E-state index contributed by atoms with van der Waals surface area (Å²) in [5.74, 6) is -2.97. The molecule has 0 saturated heterocycles. The summed E-state index contributed by atoms with van der Waals surface area (Å²) < 4.78 is 90.2. The fourth-order valence-corrected chi connectivity index (χ4v) is 2.98. The third kappa shape index (κ3) is 4.99. The van der Waals surface area contributed by atoms with Gasteiger partial charge in [0.15, 0.2) is 0 Å². The number of carbonyl (C=O) groups excluding carboxylic acids is 1. The SMILES string of the molecule is O=C(CNS(=O)(=O)c1cc(C(F)(F)F)ccc1F)Nc1cccc(F)c1. The molecular weight excluding hydrogens is 383 g/mol. The number of benzene rings is 2. The third-order valence-electron chi connectivity index (χ3n) is 3.08. The number of sulfonamides is 1. The highest BCUT2D eigenvalue weighted by Gasteiger charge is 2.33. The first-order chi connectivity index (χ1) is 12.0. The third-order valence-corrected chi connectivity index (χ3v) is 4.50. The van der Waals surface area contributed by atoms with Crippen LogP contribution in [0.25, 0.3) is 0 Å². The number of halogens is 5. The van der Waals surface area contributed by atoms with Gasteiger partial charge in [-0.15, -0.1) is 0 Å². The first kappa shape index (κ1) is 19.8. The molecule has 0 aromatic heterocycles. The molecule has 0 saturated carbocycles. The number of nitrogens with one attached hydrogen (secondary N) is 2. The summed E-state index contributed by atoms with van der Waals surface area (Å²) in [6.45, 7) is -0.894. The van der Waals surface area contributed by atoms with Crippen LogP contribution in [0, 0.1) is 11.6 Å². The molecule has 0 radical (unpaired) electrons. The fraction of sp³-hybridized carbons (Fsp3) is 0.133. The molecule has 2 N–H and O–H groups in total. The highest BCUT2D eigenvalue weighted by Crippen LogP contribution is 2.31. The second-order valence-corrected chi connectivity index (χ2v) is 6.76. The Balaban J connectivity index is 2.12. The second kappa shape index (κ2) is 7.38. The molecule has 0 unspecified atom stereocenters. The second-order valence-electron chi connectivity index (χ2n) is 5.03. The van der Waals surface area contributed by atoms with Crippen molar-refractivity contribution < 1.29 is 35.2 Å². The largest absolute Gasteiger partial charge is 0.416 e. The number of amides is 1. The zero-order chi connectivity index (χ0) is 19.5. The molecule has 0 aliphatic rings. The molecule has 0 aliphatic heterocycles. The summed E-state index contributed by atoms with van der Waals surface area (Å²) in [7, 11) is -4.73. The minimum absolute atomic E-state index is 0.0412. The van der Waals surface area contributed by atoms with E-state index in [1.807, 2.05) is 0 Å². The molecule has 1 amide bonds. The van der Waals surface area contributed by atoms with Gasteiger partial charge in [0.05, 0.1) is 12.1 Å². The van der Waals surface area contributed by atoms with Crippen LogP contribution in [-0.4, -0.2) is 20.9 Å². The van der Waals surface area contributed by atoms with Crippen LogP contribution >= 0.6 is 0 Å². The van der Waals surface area contributed by atoms with Gasteiger partial charge in [-0.25, -0.2) is 21.9 Å². The van der Waals surface area contributed by atoms with E-state index < -0.39 is 50.7 Å². The van der Waals surface area contributed by atoms with E-state index in [1.54, 1.807) is 4.72 Å². The van der Waals surface area contributed by atoms with E-state index in [9.17, 15) is 35.2 Å². The average molecular weight is 394 g/mol. The lowest BCUT2D eigenvalue weighted by Gasteiger charge is -2.11. The van der Waals surface area contributed by atoms with E-state index in [2.05, 4.69) is 5.32 Å². The molecule has 5 nitrogen and oxygen atoms in total. The summed E-state index contributed by atoms with van der Waals surface area (Å²) in [4.78, 5) is 10.4. The molecule has 0 spiro atoms. The summed E-state index contributed by atoms with van der Waals surface area (Å²) in [5, 5.41) is 2.18. The van der Waals surface area contributed by atoms with Gasteiger partial charge in [-0.3, -0.25) is 4.79 Å². The van der Waals surface area contributed by atoms with E-state index in [4.69, 9.17) is 0 Å². The van der Waals surface area contributed by atoms with Crippen LogP contribution in [0.1, 0.15) is 5.56 Å². The average Bonchev–Trinajstić information content (AvgIpc) is 2.52. The maximum atomic E-state index is 13.6. The van der Waals surface area contributed by atoms with Crippen molar-refractivity contribution in [1.29, 1.82) is 0 Å². The predicted octanol–water partition coefficient (Wildman–Crippen LogP) is 2.90. The summed E-state index contributed by atoms with van der Waals surface area (Å²) >= 11 is 0. The van der Waals surface area contributed by atoms with E-state index in [0.29, 0.717) is 12.1 Å². The van der Waals surface area contributed by atoms with E-state index in [0.717, 1.165) is 12.1 Å². The number of rotatable bonds is 5. The summed E-state index contributed by atoms with van der Waals surface area (Å²) in [6.07, 6.45) is -4.87. The molecule has 2 aromatic carbocycles. The molecule has 0 heterocycles. The molecule has 0 aliphatic carbocycles. The van der Waals surface area contributed by atoms with Crippen LogP contribution in [0.15, 0.2) is 47.4 Å². The Morgan fingerprint density at radius 3 is 2.35 bits per heavy atom. The van der Waals surface area contributed by atoms with Crippen molar-refractivity contribution in [2.75, 3.05) is 11.9 Å². The quantitative estimate of drug-likeness (QED) is 0.766. The Bertz CT molecular complexity index is 929. The van der Waals surface area contributed by atoms with Gasteiger partial charge in [0.2, 0.25) is 15.9 Å². The van der Waals surface area contributed by atoms with Crippen LogP contribution < -0.4 is 10.0 Å². The molecule has 26 heavy (non-hydrogen) atoms. The van der Waals surface area contributed by atoms with E-state index in [-0.39, 0.29) is 11.8 Å². The number of hydrogen-bond donors (Lipinski definition) is 2. The Morgan fingerprint density at radius 2 is 1.73 bits per heavy atom. The van der Waals surface area contributed by atoms with Gasteiger partial charge in [0.1, 0.15) is 16.5 Å². The lowest BCUT2D eigenvalue weighted by molar-refractivity contribution is -0.137. The van der Waals surface area contributed by atoms with Gasteiger partial charge in [0, 0.05) is 5.69 Å². The van der Waals surface area contributed by atoms with Crippen LogP contribution in [0.3, 0.4) is 0 Å². The highest BCUT2D eigenvalue weighted by molar-refractivity contribution is 7.89. The molecular formula is C15H11F5N2O3S. The van der Waals surface area contributed by atoms with Crippen molar-refractivity contribution in [1.82, 2.24) is 4.72 Å². The monoisotopic (exact) mass is 394 g/mol. The number of alkyl halides is 3. The van der Waals surface area contributed by atoms with Crippen LogP contribution in [-0.2, 0) is 21.0 Å². The molecule has 0 fully saturated rings. The smallest absolute Gasteiger partial charge is 0.325 e. The molecule has 0 atom stereocenters. The van der Waals surface area contributed by atoms with E-state index in [1.165, 1.54) is 12.1 Å².